The molecule has 3 aromatic carbocycles. The van der Waals surface area contributed by atoms with Crippen molar-refractivity contribution in [1.82, 2.24) is 5.32 Å². The van der Waals surface area contributed by atoms with Crippen LogP contribution in [0.3, 0.4) is 0 Å². The fraction of sp³-hybridized carbons (Fsp3) is 0.0556. The third kappa shape index (κ3) is 2.81. The van der Waals surface area contributed by atoms with E-state index in [0.29, 0.717) is 27.9 Å². The summed E-state index contributed by atoms with van der Waals surface area (Å²) in [6.07, 6.45) is 0. The molecule has 22 heavy (non-hydrogen) atoms. The summed E-state index contributed by atoms with van der Waals surface area (Å²) in [4.78, 5) is 12.4. The first-order valence-electron chi connectivity index (χ1n) is 6.85. The van der Waals surface area contributed by atoms with Crippen LogP contribution in [-0.4, -0.2) is 5.91 Å². The number of amides is 1. The van der Waals surface area contributed by atoms with Crippen molar-refractivity contribution in [3.8, 4) is 0 Å². The van der Waals surface area contributed by atoms with Gasteiger partial charge in [0.1, 0.15) is 5.82 Å². The molecule has 0 fully saturated rings. The van der Waals surface area contributed by atoms with E-state index in [1.54, 1.807) is 30.3 Å². The molecule has 0 heterocycles. The molecule has 3 rings (SSSR count). The highest BCUT2D eigenvalue weighted by molar-refractivity contribution is 6.31. The molecule has 0 bridgehead atoms. The molecule has 0 aliphatic rings. The standard InChI is InChI=1S/C18H13ClFNO/c19-16-8-4-1-5-12(16)11-21-18(22)15-9-10-17(20)14-7-3-2-6-13(14)15/h1-10H,11H2,(H,21,22). The van der Waals surface area contributed by atoms with Gasteiger partial charge in [0.2, 0.25) is 0 Å². The minimum absolute atomic E-state index is 0.254. The Morgan fingerprint density at radius 1 is 0.955 bits per heavy atom. The lowest BCUT2D eigenvalue weighted by molar-refractivity contribution is 0.0952. The summed E-state index contributed by atoms with van der Waals surface area (Å²) in [5.41, 5.74) is 1.29. The van der Waals surface area contributed by atoms with E-state index in [2.05, 4.69) is 5.32 Å². The second-order valence-corrected chi connectivity index (χ2v) is 5.32. The summed E-state index contributed by atoms with van der Waals surface area (Å²) in [6, 6.07) is 17.1. The molecule has 3 aromatic rings. The first kappa shape index (κ1) is 14.5. The molecule has 0 aliphatic carbocycles. The van der Waals surface area contributed by atoms with Crippen LogP contribution in [0.5, 0.6) is 0 Å². The molecule has 1 amide bonds. The summed E-state index contributed by atoms with van der Waals surface area (Å²) < 4.78 is 13.8. The average molecular weight is 314 g/mol. The lowest BCUT2D eigenvalue weighted by Gasteiger charge is -2.09. The highest BCUT2D eigenvalue weighted by atomic mass is 35.5. The molecule has 0 radical (unpaired) electrons. The lowest BCUT2D eigenvalue weighted by atomic mass is 10.0. The minimum Gasteiger partial charge on any atom is -0.348 e. The normalized spacial score (nSPS) is 10.6. The van der Waals surface area contributed by atoms with Crippen molar-refractivity contribution >= 4 is 28.3 Å². The molecule has 0 saturated carbocycles. The van der Waals surface area contributed by atoms with E-state index in [1.165, 1.54) is 12.1 Å². The number of hydrogen-bond donors (Lipinski definition) is 1. The number of nitrogens with one attached hydrogen (secondary N) is 1. The van der Waals surface area contributed by atoms with Gasteiger partial charge >= 0.3 is 0 Å². The Hall–Kier alpha value is -2.39. The zero-order valence-corrected chi connectivity index (χ0v) is 12.4. The highest BCUT2D eigenvalue weighted by Gasteiger charge is 2.12. The molecular weight excluding hydrogens is 301 g/mol. The third-order valence-corrected chi connectivity index (χ3v) is 3.88. The molecule has 0 saturated heterocycles. The van der Waals surface area contributed by atoms with Gasteiger partial charge in [-0.2, -0.15) is 0 Å². The SMILES string of the molecule is O=C(NCc1ccccc1Cl)c1ccc(F)c2ccccc12. The van der Waals surface area contributed by atoms with Crippen molar-refractivity contribution in [3.63, 3.8) is 0 Å². The molecule has 2 nitrogen and oxygen atoms in total. The number of benzene rings is 3. The van der Waals surface area contributed by atoms with Crippen LogP contribution >= 0.6 is 11.6 Å². The van der Waals surface area contributed by atoms with Crippen LogP contribution in [0.25, 0.3) is 10.8 Å². The van der Waals surface area contributed by atoms with Gasteiger partial charge in [-0.15, -0.1) is 0 Å². The predicted molar refractivity (Wildman–Crippen MR) is 86.5 cm³/mol. The Balaban J connectivity index is 1.87. The van der Waals surface area contributed by atoms with Crippen molar-refractivity contribution in [1.29, 1.82) is 0 Å². The summed E-state index contributed by atoms with van der Waals surface area (Å²) in [5, 5.41) is 4.46. The molecule has 0 atom stereocenters. The smallest absolute Gasteiger partial charge is 0.252 e. The number of halogens is 2. The zero-order valence-electron chi connectivity index (χ0n) is 11.6. The van der Waals surface area contributed by atoms with Crippen molar-refractivity contribution in [2.75, 3.05) is 0 Å². The fourth-order valence-electron chi connectivity index (χ4n) is 2.37. The van der Waals surface area contributed by atoms with Gasteiger partial charge in [-0.3, -0.25) is 4.79 Å². The number of hydrogen-bond acceptors (Lipinski definition) is 1. The van der Waals surface area contributed by atoms with Gasteiger partial charge in [-0.05, 0) is 29.1 Å². The van der Waals surface area contributed by atoms with E-state index in [0.717, 1.165) is 5.56 Å². The lowest BCUT2D eigenvalue weighted by Crippen LogP contribution is -2.23. The van der Waals surface area contributed by atoms with E-state index in [-0.39, 0.29) is 11.7 Å². The van der Waals surface area contributed by atoms with Crippen molar-refractivity contribution in [2.45, 2.75) is 6.54 Å². The maximum Gasteiger partial charge on any atom is 0.252 e. The van der Waals surface area contributed by atoms with E-state index >= 15 is 0 Å². The van der Waals surface area contributed by atoms with Gasteiger partial charge in [0.05, 0.1) is 0 Å². The summed E-state index contributed by atoms with van der Waals surface area (Å²) in [6.45, 7) is 0.324. The predicted octanol–water partition coefficient (Wildman–Crippen LogP) is 4.56. The first-order chi connectivity index (χ1) is 10.7. The van der Waals surface area contributed by atoms with Crippen LogP contribution in [0.4, 0.5) is 4.39 Å². The largest absolute Gasteiger partial charge is 0.348 e. The summed E-state index contributed by atoms with van der Waals surface area (Å²) in [5.74, 6) is -0.589. The third-order valence-electron chi connectivity index (χ3n) is 3.51. The Kier molecular flexibility index (Phi) is 4.07. The molecule has 1 N–H and O–H groups in total. The Morgan fingerprint density at radius 3 is 2.41 bits per heavy atom. The molecule has 0 unspecified atom stereocenters. The van der Waals surface area contributed by atoms with Gasteiger partial charge in [0.25, 0.3) is 5.91 Å². The molecule has 0 aromatic heterocycles. The van der Waals surface area contributed by atoms with E-state index in [4.69, 9.17) is 11.6 Å². The van der Waals surface area contributed by atoms with Crippen LogP contribution in [0.2, 0.25) is 5.02 Å². The van der Waals surface area contributed by atoms with Crippen molar-refractivity contribution < 1.29 is 9.18 Å². The maximum absolute atomic E-state index is 13.8. The van der Waals surface area contributed by atoms with Gasteiger partial charge in [0.15, 0.2) is 0 Å². The molecule has 110 valence electrons. The van der Waals surface area contributed by atoms with Crippen molar-refractivity contribution in [3.05, 3.63) is 82.6 Å². The Bertz CT molecular complexity index is 847. The maximum atomic E-state index is 13.8. The number of fused-ring (bicyclic) bond motifs is 1. The van der Waals surface area contributed by atoms with E-state index in [1.807, 2.05) is 18.2 Å². The van der Waals surface area contributed by atoms with Crippen molar-refractivity contribution in [2.24, 2.45) is 0 Å². The topological polar surface area (TPSA) is 29.1 Å². The van der Waals surface area contributed by atoms with Crippen LogP contribution in [0, 0.1) is 5.82 Å². The summed E-state index contributed by atoms with van der Waals surface area (Å²) >= 11 is 6.07. The van der Waals surface area contributed by atoms with Gasteiger partial charge < -0.3 is 5.32 Å². The van der Waals surface area contributed by atoms with Crippen LogP contribution in [-0.2, 0) is 6.54 Å². The van der Waals surface area contributed by atoms with Crippen LogP contribution in [0.1, 0.15) is 15.9 Å². The molecule has 4 heteroatoms. The van der Waals surface area contributed by atoms with Gasteiger partial charge in [-0.1, -0.05) is 54.1 Å². The van der Waals surface area contributed by atoms with E-state index in [9.17, 15) is 9.18 Å². The van der Waals surface area contributed by atoms with Crippen LogP contribution < -0.4 is 5.32 Å². The fourth-order valence-corrected chi connectivity index (χ4v) is 2.58. The molecular formula is C18H13ClFNO. The monoisotopic (exact) mass is 313 g/mol. The second-order valence-electron chi connectivity index (χ2n) is 4.91. The van der Waals surface area contributed by atoms with Crippen LogP contribution in [0.15, 0.2) is 60.7 Å². The number of carbonyl (C=O) groups is 1. The highest BCUT2D eigenvalue weighted by Crippen LogP contribution is 2.22. The first-order valence-corrected chi connectivity index (χ1v) is 7.23. The molecule has 0 spiro atoms. The number of carbonyl (C=O) groups excluding carboxylic acids is 1. The Morgan fingerprint density at radius 2 is 1.64 bits per heavy atom. The quantitative estimate of drug-likeness (QED) is 0.754. The minimum atomic E-state index is -0.335. The van der Waals surface area contributed by atoms with Gasteiger partial charge in [-0.25, -0.2) is 4.39 Å². The van der Waals surface area contributed by atoms with Gasteiger partial charge in [0, 0.05) is 22.5 Å². The number of rotatable bonds is 3. The Labute approximate surface area is 132 Å². The van der Waals surface area contributed by atoms with E-state index < -0.39 is 0 Å². The summed E-state index contributed by atoms with van der Waals surface area (Å²) in [7, 11) is 0. The second kappa shape index (κ2) is 6.16. The average Bonchev–Trinajstić information content (AvgIpc) is 2.54. The molecule has 0 aliphatic heterocycles. The zero-order chi connectivity index (χ0) is 15.5.